The normalized spacial score (nSPS) is 23.7. The van der Waals surface area contributed by atoms with Gasteiger partial charge in [-0.3, -0.25) is 5.43 Å². The van der Waals surface area contributed by atoms with E-state index in [0.717, 1.165) is 15.8 Å². The second-order valence-corrected chi connectivity index (χ2v) is 6.35. The Balaban J connectivity index is 1.88. The van der Waals surface area contributed by atoms with Gasteiger partial charge < -0.3 is 14.6 Å². The number of methoxy groups -OCH3 is 1. The fourth-order valence-corrected chi connectivity index (χ4v) is 3.08. The molecule has 3 unspecified atom stereocenters. The van der Waals surface area contributed by atoms with Crippen LogP contribution in [0.25, 0.3) is 0 Å². The highest BCUT2D eigenvalue weighted by atomic mass is 79.9. The van der Waals surface area contributed by atoms with E-state index in [1.54, 1.807) is 13.2 Å². The summed E-state index contributed by atoms with van der Waals surface area (Å²) in [5.74, 6) is 1.57. The largest absolute Gasteiger partial charge is 0.507 e. The van der Waals surface area contributed by atoms with Crippen molar-refractivity contribution in [3.05, 3.63) is 52.5 Å². The molecule has 1 aliphatic heterocycles. The first kappa shape index (κ1) is 16.1. The standard InChI is InChI=1S/C17H19BrN2O3/c1-10-17(23-15-6-4-3-5-13(15)18)16(20-19-10)12-8-7-11(22-2)9-14(12)21/h3-10,16-17,19-21H,1-2H3. The number of hydrazine groups is 1. The number of aromatic hydroxyl groups is 1. The highest BCUT2D eigenvalue weighted by molar-refractivity contribution is 9.10. The van der Waals surface area contributed by atoms with Crippen molar-refractivity contribution in [3.8, 4) is 17.2 Å². The molecular weight excluding hydrogens is 360 g/mol. The first-order valence-corrected chi connectivity index (χ1v) is 8.18. The molecule has 0 bridgehead atoms. The average molecular weight is 379 g/mol. The summed E-state index contributed by atoms with van der Waals surface area (Å²) in [6, 6.07) is 12.9. The molecule has 0 aromatic heterocycles. The van der Waals surface area contributed by atoms with Gasteiger partial charge in [-0.05, 0) is 47.1 Å². The number of phenolic OH excluding ortho intramolecular Hbond substituents is 1. The third-order valence-corrected chi connectivity index (χ3v) is 4.62. The number of ether oxygens (including phenoxy) is 2. The van der Waals surface area contributed by atoms with Gasteiger partial charge in [0.05, 0.1) is 23.7 Å². The fourth-order valence-electron chi connectivity index (χ4n) is 2.70. The van der Waals surface area contributed by atoms with E-state index >= 15 is 0 Å². The van der Waals surface area contributed by atoms with E-state index in [4.69, 9.17) is 9.47 Å². The molecule has 0 amide bonds. The van der Waals surface area contributed by atoms with E-state index < -0.39 is 0 Å². The highest BCUT2D eigenvalue weighted by Gasteiger charge is 2.37. The Kier molecular flexibility index (Phi) is 4.75. The third kappa shape index (κ3) is 3.29. The first-order valence-electron chi connectivity index (χ1n) is 7.39. The van der Waals surface area contributed by atoms with Crippen molar-refractivity contribution in [1.29, 1.82) is 0 Å². The van der Waals surface area contributed by atoms with Crippen LogP contribution in [0, 0.1) is 0 Å². The zero-order valence-corrected chi connectivity index (χ0v) is 14.5. The van der Waals surface area contributed by atoms with E-state index in [1.165, 1.54) is 0 Å². The molecule has 0 saturated carbocycles. The van der Waals surface area contributed by atoms with Gasteiger partial charge in [0.2, 0.25) is 0 Å². The Bertz CT molecular complexity index is 695. The number of halogens is 1. The number of phenols is 1. The molecule has 1 aliphatic rings. The Morgan fingerprint density at radius 2 is 1.91 bits per heavy atom. The van der Waals surface area contributed by atoms with Crippen LogP contribution >= 0.6 is 15.9 Å². The molecule has 3 N–H and O–H groups in total. The van der Waals surface area contributed by atoms with Crippen LogP contribution in [0.2, 0.25) is 0 Å². The van der Waals surface area contributed by atoms with E-state index in [9.17, 15) is 5.11 Å². The van der Waals surface area contributed by atoms with Gasteiger partial charge in [0, 0.05) is 11.6 Å². The molecule has 1 saturated heterocycles. The highest BCUT2D eigenvalue weighted by Crippen LogP contribution is 2.35. The van der Waals surface area contributed by atoms with Crippen LogP contribution in [0.1, 0.15) is 18.5 Å². The van der Waals surface area contributed by atoms with Gasteiger partial charge in [-0.1, -0.05) is 12.1 Å². The monoisotopic (exact) mass is 378 g/mol. The minimum absolute atomic E-state index is 0.0774. The Hall–Kier alpha value is -1.76. The number of para-hydroxylation sites is 1. The number of nitrogens with one attached hydrogen (secondary N) is 2. The lowest BCUT2D eigenvalue weighted by molar-refractivity contribution is 0.169. The summed E-state index contributed by atoms with van der Waals surface area (Å²) in [7, 11) is 1.57. The van der Waals surface area contributed by atoms with E-state index in [-0.39, 0.29) is 23.9 Å². The summed E-state index contributed by atoms with van der Waals surface area (Å²) in [6.07, 6.45) is -0.173. The molecule has 1 heterocycles. The van der Waals surface area contributed by atoms with Gasteiger partial charge in [-0.2, -0.15) is 0 Å². The smallest absolute Gasteiger partial charge is 0.136 e. The summed E-state index contributed by atoms with van der Waals surface area (Å²) in [5, 5.41) is 10.3. The van der Waals surface area contributed by atoms with Crippen molar-refractivity contribution >= 4 is 15.9 Å². The maximum atomic E-state index is 10.3. The van der Waals surface area contributed by atoms with Crippen molar-refractivity contribution in [2.45, 2.75) is 25.1 Å². The lowest BCUT2D eigenvalue weighted by Crippen LogP contribution is -2.33. The summed E-state index contributed by atoms with van der Waals surface area (Å²) in [4.78, 5) is 0. The van der Waals surface area contributed by atoms with Crippen LogP contribution in [-0.2, 0) is 0 Å². The molecule has 5 nitrogen and oxygen atoms in total. The lowest BCUT2D eigenvalue weighted by Gasteiger charge is -2.24. The summed E-state index contributed by atoms with van der Waals surface area (Å²) >= 11 is 3.50. The summed E-state index contributed by atoms with van der Waals surface area (Å²) in [5.41, 5.74) is 7.14. The zero-order valence-electron chi connectivity index (χ0n) is 12.9. The van der Waals surface area contributed by atoms with Gasteiger partial charge in [-0.15, -0.1) is 0 Å². The van der Waals surface area contributed by atoms with Gasteiger partial charge in [0.15, 0.2) is 0 Å². The molecule has 3 atom stereocenters. The molecule has 2 aromatic rings. The Morgan fingerprint density at radius 1 is 1.13 bits per heavy atom. The van der Waals surface area contributed by atoms with Crippen LogP contribution in [0.5, 0.6) is 17.2 Å². The van der Waals surface area contributed by atoms with Gasteiger partial charge in [-0.25, -0.2) is 5.43 Å². The molecule has 1 fully saturated rings. The summed E-state index contributed by atoms with van der Waals surface area (Å²) < 4.78 is 12.2. The molecule has 3 rings (SSSR count). The Labute approximate surface area is 143 Å². The molecule has 23 heavy (non-hydrogen) atoms. The average Bonchev–Trinajstić information content (AvgIpc) is 2.90. The van der Waals surface area contributed by atoms with Crippen LogP contribution in [-0.4, -0.2) is 24.4 Å². The quantitative estimate of drug-likeness (QED) is 0.762. The first-order chi connectivity index (χ1) is 11.1. The topological polar surface area (TPSA) is 62.8 Å². The lowest BCUT2D eigenvalue weighted by atomic mass is 9.98. The number of benzene rings is 2. The third-order valence-electron chi connectivity index (χ3n) is 3.96. The fraction of sp³-hybridized carbons (Fsp3) is 0.294. The van der Waals surface area contributed by atoms with Gasteiger partial charge in [0.1, 0.15) is 23.4 Å². The zero-order chi connectivity index (χ0) is 16.4. The second-order valence-electron chi connectivity index (χ2n) is 5.49. The molecule has 0 radical (unpaired) electrons. The minimum Gasteiger partial charge on any atom is -0.507 e. The molecule has 0 spiro atoms. The minimum atomic E-state index is -0.178. The maximum Gasteiger partial charge on any atom is 0.136 e. The van der Waals surface area contributed by atoms with Crippen molar-refractivity contribution in [2.24, 2.45) is 0 Å². The van der Waals surface area contributed by atoms with Crippen LogP contribution in [0.4, 0.5) is 0 Å². The number of hydrogen-bond acceptors (Lipinski definition) is 5. The van der Waals surface area contributed by atoms with Crippen molar-refractivity contribution < 1.29 is 14.6 Å². The predicted octanol–water partition coefficient (Wildman–Crippen LogP) is 3.15. The van der Waals surface area contributed by atoms with E-state index in [0.29, 0.717) is 5.75 Å². The van der Waals surface area contributed by atoms with Crippen molar-refractivity contribution in [2.75, 3.05) is 7.11 Å². The number of rotatable bonds is 4. The van der Waals surface area contributed by atoms with Crippen molar-refractivity contribution in [3.63, 3.8) is 0 Å². The molecule has 2 aromatic carbocycles. The van der Waals surface area contributed by atoms with E-state index in [2.05, 4.69) is 26.8 Å². The second kappa shape index (κ2) is 6.78. The summed E-state index contributed by atoms with van der Waals surface area (Å²) in [6.45, 7) is 2.04. The molecule has 6 heteroatoms. The van der Waals surface area contributed by atoms with Gasteiger partial charge >= 0.3 is 0 Å². The SMILES string of the molecule is COc1ccc(C2NNC(C)C2Oc2ccccc2Br)c(O)c1. The van der Waals surface area contributed by atoms with Crippen LogP contribution in [0.15, 0.2) is 46.9 Å². The van der Waals surface area contributed by atoms with Crippen LogP contribution in [0.3, 0.4) is 0 Å². The molecule has 122 valence electrons. The van der Waals surface area contributed by atoms with E-state index in [1.807, 2.05) is 43.3 Å². The number of hydrogen-bond donors (Lipinski definition) is 3. The Morgan fingerprint density at radius 3 is 2.61 bits per heavy atom. The molecular formula is C17H19BrN2O3. The molecule has 0 aliphatic carbocycles. The maximum absolute atomic E-state index is 10.3. The predicted molar refractivity (Wildman–Crippen MR) is 91.7 cm³/mol. The van der Waals surface area contributed by atoms with Gasteiger partial charge in [0.25, 0.3) is 0 Å². The van der Waals surface area contributed by atoms with Crippen molar-refractivity contribution in [1.82, 2.24) is 10.9 Å². The van der Waals surface area contributed by atoms with Crippen LogP contribution < -0.4 is 20.3 Å².